The van der Waals surface area contributed by atoms with E-state index in [9.17, 15) is 4.79 Å². The van der Waals surface area contributed by atoms with E-state index in [0.717, 1.165) is 0 Å². The molecule has 0 spiro atoms. The first kappa shape index (κ1) is 10.5. The average Bonchev–Trinajstić information content (AvgIpc) is 2.01. The molecule has 0 radical (unpaired) electrons. The number of hydrogen-bond acceptors (Lipinski definition) is 6. The Kier molecular flexibility index (Phi) is 3.56. The minimum absolute atomic E-state index is 0.835. The van der Waals surface area contributed by atoms with Crippen LogP contribution in [-0.2, 0) is 4.79 Å². The van der Waals surface area contributed by atoms with Crippen LogP contribution in [0.4, 0.5) is 0 Å². The van der Waals surface area contributed by atoms with Crippen molar-refractivity contribution in [1.29, 1.82) is 0 Å². The number of ketones is 1. The van der Waals surface area contributed by atoms with Crippen molar-refractivity contribution in [2.24, 2.45) is 5.73 Å². The van der Waals surface area contributed by atoms with Gasteiger partial charge in [0.25, 0.3) is 0 Å². The van der Waals surface area contributed by atoms with Crippen molar-refractivity contribution in [3.63, 3.8) is 0 Å². The minimum atomic E-state index is -2.47. The molecule has 0 aliphatic carbocycles. The largest absolute Gasteiger partial charge is 0.393 e. The summed E-state index contributed by atoms with van der Waals surface area (Å²) in [5.74, 6) is -1.21. The van der Waals surface area contributed by atoms with Gasteiger partial charge in [0.15, 0.2) is 5.72 Å². The summed E-state index contributed by atoms with van der Waals surface area (Å²) in [6.07, 6.45) is -1.75. The summed E-state index contributed by atoms with van der Waals surface area (Å²) in [4.78, 5) is 10.7. The van der Waals surface area contributed by atoms with Crippen molar-refractivity contribution in [1.82, 2.24) is 0 Å². The van der Waals surface area contributed by atoms with Gasteiger partial charge >= 0.3 is 0 Å². The van der Waals surface area contributed by atoms with Gasteiger partial charge in [-0.15, -0.1) is 0 Å². The van der Waals surface area contributed by atoms with Gasteiger partial charge in [-0.2, -0.15) is 0 Å². The number of carbonyl (C=O) groups excluding carboxylic acids is 1. The normalized spacial score (nSPS) is 19.0. The van der Waals surface area contributed by atoms with Gasteiger partial charge in [0, 0.05) is 0 Å². The maximum absolute atomic E-state index is 10.7. The second-order valence-electron chi connectivity index (χ2n) is 2.14. The smallest absolute Gasteiger partial charge is 0.212 e. The lowest BCUT2D eigenvalue weighted by Gasteiger charge is -2.20. The first-order valence-electron chi connectivity index (χ1n) is 2.91. The molecule has 0 aromatic rings. The summed E-state index contributed by atoms with van der Waals surface area (Å²) >= 11 is 0. The van der Waals surface area contributed by atoms with Crippen LogP contribution in [0.15, 0.2) is 0 Å². The molecule has 0 heterocycles. The molecule has 0 saturated carbocycles. The maximum Gasteiger partial charge on any atom is 0.212 e. The van der Waals surface area contributed by atoms with Crippen LogP contribution in [0.25, 0.3) is 0 Å². The fraction of sp³-hybridized carbons (Fsp3) is 0.800. The van der Waals surface area contributed by atoms with E-state index in [1.807, 2.05) is 0 Å². The van der Waals surface area contributed by atoms with E-state index < -0.39 is 30.8 Å². The van der Waals surface area contributed by atoms with Crippen molar-refractivity contribution in [2.75, 3.05) is 13.2 Å². The Labute approximate surface area is 62.9 Å². The van der Waals surface area contributed by atoms with E-state index in [-0.39, 0.29) is 0 Å². The van der Waals surface area contributed by atoms with Crippen LogP contribution in [0.3, 0.4) is 0 Å². The summed E-state index contributed by atoms with van der Waals surface area (Å²) in [6, 6.07) is 0. The molecule has 2 atom stereocenters. The summed E-state index contributed by atoms with van der Waals surface area (Å²) < 4.78 is 0. The Balaban J connectivity index is 4.23. The molecule has 6 heteroatoms. The molecule has 11 heavy (non-hydrogen) atoms. The zero-order valence-corrected chi connectivity index (χ0v) is 5.77. The monoisotopic (exact) mass is 165 g/mol. The highest BCUT2D eigenvalue weighted by atomic mass is 16.4. The fourth-order valence-electron chi connectivity index (χ4n) is 0.449. The number of aliphatic hydroxyl groups excluding tert-OH is 3. The van der Waals surface area contributed by atoms with Gasteiger partial charge in [0.2, 0.25) is 5.78 Å². The third-order valence-corrected chi connectivity index (χ3v) is 1.14. The molecule has 0 unspecified atom stereocenters. The molecule has 0 amide bonds. The Bertz CT molecular complexity index is 146. The van der Waals surface area contributed by atoms with Gasteiger partial charge < -0.3 is 20.4 Å². The predicted octanol–water partition coefficient (Wildman–Crippen LogP) is -3.45. The van der Waals surface area contributed by atoms with Gasteiger partial charge in [-0.1, -0.05) is 0 Å². The molecule has 0 fully saturated rings. The summed E-state index contributed by atoms with van der Waals surface area (Å²) in [7, 11) is 0. The Morgan fingerprint density at radius 3 is 2.27 bits per heavy atom. The van der Waals surface area contributed by atoms with Crippen LogP contribution in [0.5, 0.6) is 0 Å². The zero-order valence-electron chi connectivity index (χ0n) is 5.77. The van der Waals surface area contributed by atoms with Gasteiger partial charge in [-0.3, -0.25) is 10.5 Å². The molecule has 66 valence electrons. The van der Waals surface area contributed by atoms with Gasteiger partial charge in [-0.05, 0) is 0 Å². The third kappa shape index (κ3) is 2.52. The van der Waals surface area contributed by atoms with Crippen molar-refractivity contribution in [3.05, 3.63) is 0 Å². The SMILES string of the molecule is N[C@](O)(CO)C(=O)[C@@H](O)CO. The van der Waals surface area contributed by atoms with Crippen molar-refractivity contribution < 1.29 is 25.2 Å². The van der Waals surface area contributed by atoms with Crippen LogP contribution < -0.4 is 5.73 Å². The lowest BCUT2D eigenvalue weighted by molar-refractivity contribution is -0.151. The fourth-order valence-corrected chi connectivity index (χ4v) is 0.449. The number of hydrogen-bond donors (Lipinski definition) is 5. The Morgan fingerprint density at radius 1 is 1.55 bits per heavy atom. The first-order valence-corrected chi connectivity index (χ1v) is 2.91. The summed E-state index contributed by atoms with van der Waals surface area (Å²) in [5, 5.41) is 34.0. The third-order valence-electron chi connectivity index (χ3n) is 1.14. The molecule has 0 aromatic heterocycles. The number of carbonyl (C=O) groups is 1. The van der Waals surface area contributed by atoms with E-state index in [2.05, 4.69) is 0 Å². The highest BCUT2D eigenvalue weighted by molar-refractivity contribution is 5.90. The second kappa shape index (κ2) is 3.74. The van der Waals surface area contributed by atoms with E-state index in [4.69, 9.17) is 26.2 Å². The maximum atomic E-state index is 10.7. The van der Waals surface area contributed by atoms with E-state index >= 15 is 0 Å². The standard InChI is InChI=1S/C5H11NO5/c6-5(11,2-8)4(10)3(9)1-7/h3,7-9,11H,1-2,6H2/t3-,5-/m0/s1. The topological polar surface area (TPSA) is 124 Å². The lowest BCUT2D eigenvalue weighted by atomic mass is 10.1. The van der Waals surface area contributed by atoms with E-state index in [0.29, 0.717) is 0 Å². The molecule has 0 rings (SSSR count). The molecule has 0 aliphatic rings. The van der Waals surface area contributed by atoms with Crippen LogP contribution >= 0.6 is 0 Å². The Hall–Kier alpha value is -0.530. The number of rotatable bonds is 4. The summed E-state index contributed by atoms with van der Waals surface area (Å²) in [6.45, 7) is -1.83. The molecular weight excluding hydrogens is 154 g/mol. The number of Topliss-reactive ketones (excluding diaryl/α,β-unsaturated/α-hetero) is 1. The van der Waals surface area contributed by atoms with Crippen molar-refractivity contribution >= 4 is 5.78 Å². The molecule has 0 saturated heterocycles. The number of aliphatic hydroxyl groups is 4. The van der Waals surface area contributed by atoms with Crippen LogP contribution in [0.1, 0.15) is 0 Å². The second-order valence-corrected chi connectivity index (χ2v) is 2.14. The van der Waals surface area contributed by atoms with Crippen LogP contribution in [-0.4, -0.2) is 51.3 Å². The minimum Gasteiger partial charge on any atom is -0.393 e. The van der Waals surface area contributed by atoms with E-state index in [1.165, 1.54) is 0 Å². The van der Waals surface area contributed by atoms with Gasteiger partial charge in [0.05, 0.1) is 13.2 Å². The Morgan fingerprint density at radius 2 is 2.00 bits per heavy atom. The zero-order chi connectivity index (χ0) is 9.07. The van der Waals surface area contributed by atoms with E-state index in [1.54, 1.807) is 0 Å². The van der Waals surface area contributed by atoms with Gasteiger partial charge in [-0.25, -0.2) is 0 Å². The van der Waals surface area contributed by atoms with Crippen LogP contribution in [0, 0.1) is 0 Å². The summed E-state index contributed by atoms with van der Waals surface area (Å²) in [5.41, 5.74) is 2.35. The first-order chi connectivity index (χ1) is 4.95. The van der Waals surface area contributed by atoms with Crippen LogP contribution in [0.2, 0.25) is 0 Å². The lowest BCUT2D eigenvalue weighted by Crippen LogP contribution is -2.56. The molecule has 6 N–H and O–H groups in total. The molecule has 0 bridgehead atoms. The van der Waals surface area contributed by atoms with Gasteiger partial charge in [0.1, 0.15) is 6.10 Å². The average molecular weight is 165 g/mol. The number of nitrogens with two attached hydrogens (primary N) is 1. The highest BCUT2D eigenvalue weighted by Gasteiger charge is 2.34. The molecular formula is C5H11NO5. The van der Waals surface area contributed by atoms with Crippen molar-refractivity contribution in [3.8, 4) is 0 Å². The highest BCUT2D eigenvalue weighted by Crippen LogP contribution is 1.99. The predicted molar refractivity (Wildman–Crippen MR) is 34.3 cm³/mol. The molecule has 0 aliphatic heterocycles. The van der Waals surface area contributed by atoms with Crippen molar-refractivity contribution in [2.45, 2.75) is 11.8 Å². The molecule has 6 nitrogen and oxygen atoms in total. The molecule has 0 aromatic carbocycles. The quantitative estimate of drug-likeness (QED) is 0.276.